The number of ether oxygens (including phenoxy) is 1. The quantitative estimate of drug-likeness (QED) is 0.871. The van der Waals surface area contributed by atoms with Crippen LogP contribution in [0.1, 0.15) is 38.2 Å². The first kappa shape index (κ1) is 17.1. The van der Waals surface area contributed by atoms with Crippen molar-refractivity contribution in [2.24, 2.45) is 5.41 Å². The lowest BCUT2D eigenvalue weighted by Crippen LogP contribution is -2.54. The van der Waals surface area contributed by atoms with Crippen molar-refractivity contribution in [1.82, 2.24) is 10.2 Å². The van der Waals surface area contributed by atoms with Crippen molar-refractivity contribution >= 4 is 6.03 Å². The summed E-state index contributed by atoms with van der Waals surface area (Å²) in [5.74, 6) is 0.297. The van der Waals surface area contributed by atoms with Crippen LogP contribution in [0.3, 0.4) is 0 Å². The van der Waals surface area contributed by atoms with E-state index in [0.29, 0.717) is 18.3 Å². The van der Waals surface area contributed by atoms with E-state index >= 15 is 0 Å². The molecule has 0 radical (unpaired) electrons. The molecule has 1 aromatic carbocycles. The van der Waals surface area contributed by atoms with Crippen LogP contribution in [0.15, 0.2) is 24.3 Å². The lowest BCUT2D eigenvalue weighted by Gasteiger charge is -2.40. The highest BCUT2D eigenvalue weighted by Gasteiger charge is 2.35. The van der Waals surface area contributed by atoms with Crippen molar-refractivity contribution < 1.29 is 14.6 Å². The van der Waals surface area contributed by atoms with Gasteiger partial charge in [0.2, 0.25) is 0 Å². The molecule has 2 saturated heterocycles. The van der Waals surface area contributed by atoms with E-state index in [9.17, 15) is 9.90 Å². The van der Waals surface area contributed by atoms with E-state index < -0.39 is 0 Å². The number of carbonyl (C=O) groups is 1. The van der Waals surface area contributed by atoms with Crippen LogP contribution >= 0.6 is 0 Å². The zero-order valence-corrected chi connectivity index (χ0v) is 14.5. The summed E-state index contributed by atoms with van der Waals surface area (Å²) < 4.78 is 5.25. The molecule has 5 heteroatoms. The molecule has 5 nitrogen and oxygen atoms in total. The van der Waals surface area contributed by atoms with Crippen LogP contribution in [0.5, 0.6) is 5.75 Å². The number of hydrogen-bond donors (Lipinski definition) is 2. The van der Waals surface area contributed by atoms with Crippen molar-refractivity contribution in [3.63, 3.8) is 0 Å². The van der Waals surface area contributed by atoms with Crippen molar-refractivity contribution in [2.45, 2.75) is 45.1 Å². The van der Waals surface area contributed by atoms with Crippen LogP contribution in [-0.4, -0.2) is 48.4 Å². The van der Waals surface area contributed by atoms with E-state index in [-0.39, 0.29) is 11.4 Å². The SMILES string of the molecule is CC1(CNC(=O)N2CCCC[C@@H]2CCc2ccc(O)cc2)COC1. The number of aryl methyl sites for hydroxylation is 1. The molecule has 3 rings (SSSR count). The molecule has 1 aromatic rings. The number of likely N-dealkylation sites (tertiary alicyclic amines) is 1. The molecule has 132 valence electrons. The van der Waals surface area contributed by atoms with Crippen molar-refractivity contribution in [3.8, 4) is 5.75 Å². The first-order chi connectivity index (χ1) is 11.6. The van der Waals surface area contributed by atoms with Gasteiger partial charge in [0.25, 0.3) is 0 Å². The molecule has 2 aliphatic heterocycles. The maximum Gasteiger partial charge on any atom is 0.317 e. The molecule has 1 atom stereocenters. The Morgan fingerprint density at radius 2 is 2.08 bits per heavy atom. The third kappa shape index (κ3) is 4.20. The number of carbonyl (C=O) groups excluding carboxylic acids is 1. The molecule has 2 N–H and O–H groups in total. The van der Waals surface area contributed by atoms with Crippen LogP contribution < -0.4 is 5.32 Å². The summed E-state index contributed by atoms with van der Waals surface area (Å²) in [7, 11) is 0. The molecule has 0 spiro atoms. The minimum Gasteiger partial charge on any atom is -0.508 e. The fourth-order valence-corrected chi connectivity index (χ4v) is 3.51. The number of aromatic hydroxyl groups is 1. The van der Waals surface area contributed by atoms with Gasteiger partial charge in [-0.3, -0.25) is 0 Å². The van der Waals surface area contributed by atoms with Gasteiger partial charge in [-0.2, -0.15) is 0 Å². The van der Waals surface area contributed by atoms with Gasteiger partial charge >= 0.3 is 6.03 Å². The van der Waals surface area contributed by atoms with Gasteiger partial charge in [0.05, 0.1) is 13.2 Å². The van der Waals surface area contributed by atoms with Gasteiger partial charge in [0.15, 0.2) is 0 Å². The summed E-state index contributed by atoms with van der Waals surface area (Å²) in [6.45, 7) is 5.15. The first-order valence-corrected chi connectivity index (χ1v) is 8.96. The number of amides is 2. The van der Waals surface area contributed by atoms with Crippen LogP contribution in [0.25, 0.3) is 0 Å². The zero-order chi connectivity index (χ0) is 17.0. The van der Waals surface area contributed by atoms with Gasteiger partial charge in [0, 0.05) is 24.5 Å². The zero-order valence-electron chi connectivity index (χ0n) is 14.5. The lowest BCUT2D eigenvalue weighted by molar-refractivity contribution is -0.0980. The summed E-state index contributed by atoms with van der Waals surface area (Å²) in [6, 6.07) is 7.74. The van der Waals surface area contributed by atoms with E-state index in [1.807, 2.05) is 17.0 Å². The van der Waals surface area contributed by atoms with Crippen molar-refractivity contribution in [2.75, 3.05) is 26.3 Å². The van der Waals surface area contributed by atoms with Gasteiger partial charge in [0.1, 0.15) is 5.75 Å². The molecule has 2 heterocycles. The lowest BCUT2D eigenvalue weighted by atomic mass is 9.89. The number of phenols is 1. The predicted molar refractivity (Wildman–Crippen MR) is 93.1 cm³/mol. The second-order valence-corrected chi connectivity index (χ2v) is 7.51. The van der Waals surface area contributed by atoms with Gasteiger partial charge in [-0.1, -0.05) is 19.1 Å². The van der Waals surface area contributed by atoms with Gasteiger partial charge in [-0.25, -0.2) is 4.79 Å². The number of nitrogens with zero attached hydrogens (tertiary/aromatic N) is 1. The summed E-state index contributed by atoms with van der Waals surface area (Å²) in [5.41, 5.74) is 1.31. The van der Waals surface area contributed by atoms with Crippen LogP contribution in [0.2, 0.25) is 0 Å². The second-order valence-electron chi connectivity index (χ2n) is 7.51. The highest BCUT2D eigenvalue weighted by Crippen LogP contribution is 2.26. The van der Waals surface area contributed by atoms with E-state index in [4.69, 9.17) is 4.74 Å². The first-order valence-electron chi connectivity index (χ1n) is 8.96. The molecule has 0 bridgehead atoms. The molecular formula is C19H28N2O3. The molecule has 24 heavy (non-hydrogen) atoms. The Bertz CT molecular complexity index is 554. The van der Waals surface area contributed by atoms with E-state index in [2.05, 4.69) is 12.2 Å². The molecule has 2 aliphatic rings. The third-order valence-corrected chi connectivity index (χ3v) is 5.16. The standard InChI is InChI=1S/C19H28N2O3/c1-19(13-24-14-19)12-20-18(23)21-11-3-2-4-16(21)8-5-15-6-9-17(22)10-7-15/h6-7,9-10,16,22H,2-5,8,11-14H2,1H3,(H,20,23)/t16-/m1/s1. The van der Waals surface area contributed by atoms with Crippen LogP contribution in [-0.2, 0) is 11.2 Å². The highest BCUT2D eigenvalue weighted by atomic mass is 16.5. The molecule has 2 amide bonds. The molecule has 0 aliphatic carbocycles. The van der Waals surface area contributed by atoms with Gasteiger partial charge in [-0.15, -0.1) is 0 Å². The Kier molecular flexibility index (Phi) is 5.29. The maximum absolute atomic E-state index is 12.6. The number of nitrogens with one attached hydrogen (secondary N) is 1. The van der Waals surface area contributed by atoms with Gasteiger partial charge < -0.3 is 20.1 Å². The maximum atomic E-state index is 12.6. The van der Waals surface area contributed by atoms with E-state index in [0.717, 1.165) is 45.4 Å². The number of phenolic OH excluding ortho intramolecular Hbond substituents is 1. The number of urea groups is 1. The Hall–Kier alpha value is -1.75. The van der Waals surface area contributed by atoms with Crippen LogP contribution in [0.4, 0.5) is 4.79 Å². The highest BCUT2D eigenvalue weighted by molar-refractivity contribution is 5.74. The Labute approximate surface area is 144 Å². The summed E-state index contributed by atoms with van der Waals surface area (Å²) in [5, 5.41) is 12.5. The van der Waals surface area contributed by atoms with E-state index in [1.165, 1.54) is 12.0 Å². The summed E-state index contributed by atoms with van der Waals surface area (Å²) in [4.78, 5) is 14.6. The molecule has 0 unspecified atom stereocenters. The molecule has 0 aromatic heterocycles. The van der Waals surface area contributed by atoms with Gasteiger partial charge in [-0.05, 0) is 49.8 Å². The molecular weight excluding hydrogens is 304 g/mol. The normalized spacial score (nSPS) is 22.7. The fraction of sp³-hybridized carbons (Fsp3) is 0.632. The Morgan fingerprint density at radius 1 is 1.33 bits per heavy atom. The number of piperidine rings is 1. The fourth-order valence-electron chi connectivity index (χ4n) is 3.51. The summed E-state index contributed by atoms with van der Waals surface area (Å²) in [6.07, 6.45) is 5.25. The minimum atomic E-state index is 0.0681. The molecule has 0 saturated carbocycles. The van der Waals surface area contributed by atoms with Crippen LogP contribution in [0, 0.1) is 5.41 Å². The Balaban J connectivity index is 1.52. The van der Waals surface area contributed by atoms with Crippen molar-refractivity contribution in [1.29, 1.82) is 0 Å². The number of hydrogen-bond acceptors (Lipinski definition) is 3. The average Bonchev–Trinajstić information content (AvgIpc) is 2.58. The topological polar surface area (TPSA) is 61.8 Å². The monoisotopic (exact) mass is 332 g/mol. The minimum absolute atomic E-state index is 0.0681. The second kappa shape index (κ2) is 7.43. The molecule has 2 fully saturated rings. The summed E-state index contributed by atoms with van der Waals surface area (Å²) >= 11 is 0. The Morgan fingerprint density at radius 3 is 2.75 bits per heavy atom. The largest absolute Gasteiger partial charge is 0.508 e. The third-order valence-electron chi connectivity index (χ3n) is 5.16. The van der Waals surface area contributed by atoms with E-state index in [1.54, 1.807) is 12.1 Å². The predicted octanol–water partition coefficient (Wildman–Crippen LogP) is 2.93. The smallest absolute Gasteiger partial charge is 0.317 e. The number of rotatable bonds is 5. The number of benzene rings is 1. The average molecular weight is 332 g/mol. The van der Waals surface area contributed by atoms with Crippen molar-refractivity contribution in [3.05, 3.63) is 29.8 Å².